The van der Waals surface area contributed by atoms with Gasteiger partial charge in [-0.1, -0.05) is 11.3 Å². The highest BCUT2D eigenvalue weighted by Gasteiger charge is 2.42. The van der Waals surface area contributed by atoms with Crippen LogP contribution in [0.5, 0.6) is 51.1 Å². The summed E-state index contributed by atoms with van der Waals surface area (Å²) in [6.07, 6.45) is -1.23. The summed E-state index contributed by atoms with van der Waals surface area (Å²) in [6.45, 7) is 1.22. The number of phenols is 8. The molecular weight excluding hydrogens is 572 g/mol. The number of thiazole rings is 1. The number of aliphatic hydroxyl groups is 2. The Bertz CT molecular complexity index is 1430. The second-order valence-corrected chi connectivity index (χ2v) is 9.70. The van der Waals surface area contributed by atoms with Crippen LogP contribution in [-0.4, -0.2) is 87.3 Å². The predicted molar refractivity (Wildman–Crippen MR) is 140 cm³/mol. The van der Waals surface area contributed by atoms with Crippen molar-refractivity contribution in [1.29, 1.82) is 0 Å². The number of nitrogens with two attached hydrogens (primary N) is 1. The Morgan fingerprint density at radius 2 is 1.49 bits per heavy atom. The second kappa shape index (κ2) is 11.5. The minimum absolute atomic E-state index is 0.0254. The molecule has 224 valence electrons. The number of amides is 1. The van der Waals surface area contributed by atoms with E-state index in [1.165, 1.54) is 14.0 Å². The summed E-state index contributed by atoms with van der Waals surface area (Å²) in [4.78, 5) is 15.9. The monoisotopic (exact) mass is 600 g/mol. The van der Waals surface area contributed by atoms with Gasteiger partial charge in [-0.25, -0.2) is 4.98 Å². The van der Waals surface area contributed by atoms with E-state index in [1.807, 2.05) is 0 Å². The fourth-order valence-electron chi connectivity index (χ4n) is 3.94. The summed E-state index contributed by atoms with van der Waals surface area (Å²) < 4.78 is 5.29. The highest BCUT2D eigenvalue weighted by atomic mass is 32.1. The molecule has 1 atom stereocenters. The van der Waals surface area contributed by atoms with Crippen molar-refractivity contribution in [3.8, 4) is 51.1 Å². The number of nitrogens with one attached hydrogen (secondary N) is 2. The SMILES string of the molecule is COC(CNCCc1c(O)c(O)c(NC(=O)C(O)(O)c2nc(N)sc2O)c(O)c1O)c1c(C)c(O)c(O)c(O)c1O. The molecule has 0 bridgehead atoms. The molecule has 3 aromatic rings. The van der Waals surface area contributed by atoms with E-state index in [0.717, 1.165) is 0 Å². The summed E-state index contributed by atoms with van der Waals surface area (Å²) in [5, 5.41) is 115. The average Bonchev–Trinajstić information content (AvgIpc) is 3.28. The van der Waals surface area contributed by atoms with Crippen molar-refractivity contribution < 1.29 is 65.7 Å². The lowest BCUT2D eigenvalue weighted by molar-refractivity contribution is -0.185. The molecule has 41 heavy (non-hydrogen) atoms. The number of nitrogens with zero attached hydrogens (tertiary/aromatic N) is 1. The van der Waals surface area contributed by atoms with Crippen molar-refractivity contribution in [3.63, 3.8) is 0 Å². The Morgan fingerprint density at radius 1 is 0.927 bits per heavy atom. The lowest BCUT2D eigenvalue weighted by Gasteiger charge is -2.22. The summed E-state index contributed by atoms with van der Waals surface area (Å²) in [6, 6.07) is 0. The van der Waals surface area contributed by atoms with Crippen molar-refractivity contribution in [3.05, 3.63) is 22.4 Å². The van der Waals surface area contributed by atoms with Gasteiger partial charge in [0, 0.05) is 30.3 Å². The van der Waals surface area contributed by atoms with Crippen LogP contribution in [0.25, 0.3) is 0 Å². The maximum atomic E-state index is 12.5. The van der Waals surface area contributed by atoms with Crippen LogP contribution >= 0.6 is 11.3 Å². The topological polar surface area (TPSA) is 312 Å². The van der Waals surface area contributed by atoms with Gasteiger partial charge >= 0.3 is 0 Å². The number of methoxy groups -OCH3 is 1. The van der Waals surface area contributed by atoms with Gasteiger partial charge in [0.2, 0.25) is 16.6 Å². The van der Waals surface area contributed by atoms with Gasteiger partial charge in [0.15, 0.2) is 45.3 Å². The van der Waals surface area contributed by atoms with Crippen LogP contribution in [0.1, 0.15) is 28.5 Å². The third-order valence-electron chi connectivity index (χ3n) is 6.18. The summed E-state index contributed by atoms with van der Waals surface area (Å²) in [5.74, 6) is -12.8. The van der Waals surface area contributed by atoms with E-state index in [2.05, 4.69) is 10.3 Å². The Hall–Kier alpha value is -4.62. The Morgan fingerprint density at radius 3 is 2.00 bits per heavy atom. The average molecular weight is 601 g/mol. The largest absolute Gasteiger partial charge is 0.504 e. The van der Waals surface area contributed by atoms with E-state index in [-0.39, 0.29) is 41.3 Å². The van der Waals surface area contributed by atoms with Crippen LogP contribution in [0, 0.1) is 6.92 Å². The fraction of sp³-hybridized carbons (Fsp3) is 0.304. The molecule has 1 unspecified atom stereocenters. The van der Waals surface area contributed by atoms with Crippen LogP contribution in [-0.2, 0) is 21.7 Å². The summed E-state index contributed by atoms with van der Waals surface area (Å²) >= 11 is 0.432. The first-order valence-corrected chi connectivity index (χ1v) is 12.3. The minimum atomic E-state index is -3.50. The molecule has 17 nitrogen and oxygen atoms in total. The third-order valence-corrected chi connectivity index (χ3v) is 6.87. The molecule has 0 saturated carbocycles. The molecule has 0 aliphatic carbocycles. The summed E-state index contributed by atoms with van der Waals surface area (Å²) in [5.41, 5.74) is 3.03. The van der Waals surface area contributed by atoms with Gasteiger partial charge in [-0.3, -0.25) is 4.79 Å². The minimum Gasteiger partial charge on any atom is -0.504 e. The molecule has 1 heterocycles. The number of hydrogen-bond donors (Lipinski definition) is 14. The van der Waals surface area contributed by atoms with E-state index < -0.39 is 80.2 Å². The molecule has 0 fully saturated rings. The number of carbonyl (C=O) groups is 1. The van der Waals surface area contributed by atoms with Gasteiger partial charge in [0.1, 0.15) is 5.69 Å². The molecule has 0 aliphatic rings. The molecule has 18 heteroatoms. The zero-order valence-electron chi connectivity index (χ0n) is 21.4. The van der Waals surface area contributed by atoms with Gasteiger partial charge < -0.3 is 77.3 Å². The van der Waals surface area contributed by atoms with Crippen LogP contribution in [0.3, 0.4) is 0 Å². The Balaban J connectivity index is 1.77. The number of aromatic nitrogens is 1. The van der Waals surface area contributed by atoms with E-state index in [0.29, 0.717) is 11.3 Å². The van der Waals surface area contributed by atoms with Crippen LogP contribution in [0.4, 0.5) is 10.8 Å². The van der Waals surface area contributed by atoms with Gasteiger partial charge in [-0.05, 0) is 19.9 Å². The third kappa shape index (κ3) is 5.54. The number of anilines is 2. The molecule has 2 aromatic carbocycles. The molecule has 1 amide bonds. The standard InChI is InChI=1S/C23H28N4O13S/c1-6-9(14(31)18(35)17(34)11(6)28)8(40-2)5-25-4-3-7-12(29)15(32)10(16(33)13(7)30)26-21(37)23(38,39)19-20(36)41-22(24)27-19/h8,25,28-36,38-39H,3-5H2,1-2H3,(H2,24,27)(H,26,37). The van der Waals surface area contributed by atoms with Crippen LogP contribution in [0.2, 0.25) is 0 Å². The normalized spacial score (nSPS) is 12.4. The number of hydrogen-bond acceptors (Lipinski definition) is 17. The maximum absolute atomic E-state index is 12.5. The fourth-order valence-corrected chi connectivity index (χ4v) is 4.56. The first-order chi connectivity index (χ1) is 19.1. The molecule has 0 spiro atoms. The van der Waals surface area contributed by atoms with E-state index in [4.69, 9.17) is 10.5 Å². The van der Waals surface area contributed by atoms with E-state index in [1.54, 1.807) is 5.32 Å². The van der Waals surface area contributed by atoms with Crippen molar-refractivity contribution in [1.82, 2.24) is 10.3 Å². The van der Waals surface area contributed by atoms with Gasteiger partial charge in [-0.2, -0.15) is 0 Å². The van der Waals surface area contributed by atoms with Crippen molar-refractivity contribution in [2.45, 2.75) is 25.2 Å². The number of ether oxygens (including phenoxy) is 1. The van der Waals surface area contributed by atoms with Crippen LogP contribution in [0.15, 0.2) is 0 Å². The first kappa shape index (κ1) is 30.9. The number of phenolic OH excluding ortho intramolecular Hbond substituents is 8. The van der Waals surface area contributed by atoms with Crippen LogP contribution < -0.4 is 16.4 Å². The van der Waals surface area contributed by atoms with Crippen molar-refractivity contribution >= 4 is 28.1 Å². The molecule has 0 aliphatic heterocycles. The highest BCUT2D eigenvalue weighted by molar-refractivity contribution is 7.17. The zero-order chi connectivity index (χ0) is 31.0. The lowest BCUT2D eigenvalue weighted by Crippen LogP contribution is -2.40. The smallest absolute Gasteiger partial charge is 0.294 e. The Kier molecular flexibility index (Phi) is 8.65. The predicted octanol–water partition coefficient (Wildman–Crippen LogP) is -0.320. The maximum Gasteiger partial charge on any atom is 0.294 e. The van der Waals surface area contributed by atoms with Gasteiger partial charge in [-0.15, -0.1) is 0 Å². The number of nitrogen functional groups attached to an aromatic ring is 1. The quantitative estimate of drug-likeness (QED) is 0.0613. The summed E-state index contributed by atoms with van der Waals surface area (Å²) in [7, 11) is 1.27. The zero-order valence-corrected chi connectivity index (χ0v) is 22.2. The number of rotatable bonds is 10. The van der Waals surface area contributed by atoms with Gasteiger partial charge in [0.25, 0.3) is 11.7 Å². The van der Waals surface area contributed by atoms with Gasteiger partial charge in [0.05, 0.1) is 6.10 Å². The highest BCUT2D eigenvalue weighted by Crippen LogP contribution is 2.51. The number of benzene rings is 2. The Labute approximate surface area is 234 Å². The van der Waals surface area contributed by atoms with Crippen molar-refractivity contribution in [2.24, 2.45) is 0 Å². The lowest BCUT2D eigenvalue weighted by atomic mass is 9.99. The molecule has 1 aromatic heterocycles. The second-order valence-electron chi connectivity index (χ2n) is 8.69. The van der Waals surface area contributed by atoms with E-state index >= 15 is 0 Å². The number of aromatic hydroxyl groups is 9. The first-order valence-electron chi connectivity index (χ1n) is 11.5. The molecule has 3 rings (SSSR count). The molecular formula is C23H28N4O13S. The number of carbonyl (C=O) groups excluding carboxylic acids is 1. The molecule has 0 radical (unpaired) electrons. The van der Waals surface area contributed by atoms with Crippen molar-refractivity contribution in [2.75, 3.05) is 31.2 Å². The molecule has 0 saturated heterocycles. The van der Waals surface area contributed by atoms with E-state index in [9.17, 15) is 61.0 Å². The molecule has 15 N–H and O–H groups in total.